The molecule has 0 spiro atoms. The van der Waals surface area contributed by atoms with Crippen LogP contribution in [0.4, 0.5) is 0 Å². The van der Waals surface area contributed by atoms with E-state index in [-0.39, 0.29) is 29.5 Å². The lowest BCUT2D eigenvalue weighted by Gasteiger charge is -2.11. The van der Waals surface area contributed by atoms with Gasteiger partial charge in [-0.05, 0) is 20.3 Å². The molecule has 1 amide bonds. The molecule has 1 heterocycles. The first kappa shape index (κ1) is 13.4. The van der Waals surface area contributed by atoms with Crippen LogP contribution in [0, 0.1) is 0 Å². The first-order chi connectivity index (χ1) is 7.39. The van der Waals surface area contributed by atoms with Crippen molar-refractivity contribution >= 4 is 15.7 Å². The molecular weight excluding hydrogens is 228 g/mol. The lowest BCUT2D eigenvalue weighted by atomic mass is 10.2. The van der Waals surface area contributed by atoms with E-state index in [4.69, 9.17) is 0 Å². The summed E-state index contributed by atoms with van der Waals surface area (Å²) >= 11 is 0. The number of hydrogen-bond donors (Lipinski definition) is 2. The van der Waals surface area contributed by atoms with E-state index in [2.05, 4.69) is 10.6 Å². The Labute approximate surface area is 96.9 Å². The standard InChI is InChI=1S/C10H20N2O3S/c1-8(2)12-10(13)3-5-11-9-4-6-16(14,15)7-9/h8-9,11H,3-7H2,1-2H3,(H,12,13). The molecule has 6 heteroatoms. The molecule has 16 heavy (non-hydrogen) atoms. The van der Waals surface area contributed by atoms with Crippen molar-refractivity contribution in [3.63, 3.8) is 0 Å². The zero-order valence-corrected chi connectivity index (χ0v) is 10.6. The van der Waals surface area contributed by atoms with E-state index in [1.807, 2.05) is 13.8 Å². The summed E-state index contributed by atoms with van der Waals surface area (Å²) < 4.78 is 22.3. The summed E-state index contributed by atoms with van der Waals surface area (Å²) in [4.78, 5) is 11.3. The molecule has 0 aliphatic carbocycles. The predicted octanol–water partition coefficient (Wildman–Crippen LogP) is -0.322. The second-order valence-electron chi connectivity index (χ2n) is 4.53. The number of sulfone groups is 1. The maximum Gasteiger partial charge on any atom is 0.221 e. The third-order valence-electron chi connectivity index (χ3n) is 2.47. The quantitative estimate of drug-likeness (QED) is 0.699. The lowest BCUT2D eigenvalue weighted by Crippen LogP contribution is -2.36. The topological polar surface area (TPSA) is 75.3 Å². The molecule has 0 saturated carbocycles. The maximum absolute atomic E-state index is 11.3. The highest BCUT2D eigenvalue weighted by Gasteiger charge is 2.27. The van der Waals surface area contributed by atoms with Crippen molar-refractivity contribution < 1.29 is 13.2 Å². The average Bonchev–Trinajstić information content (AvgIpc) is 2.44. The molecule has 5 nitrogen and oxygen atoms in total. The first-order valence-corrected chi connectivity index (χ1v) is 7.44. The van der Waals surface area contributed by atoms with Crippen LogP contribution >= 0.6 is 0 Å². The van der Waals surface area contributed by atoms with Gasteiger partial charge in [0.1, 0.15) is 0 Å². The number of hydrogen-bond acceptors (Lipinski definition) is 4. The van der Waals surface area contributed by atoms with Gasteiger partial charge in [-0.15, -0.1) is 0 Å². The lowest BCUT2D eigenvalue weighted by molar-refractivity contribution is -0.121. The second-order valence-corrected chi connectivity index (χ2v) is 6.76. The van der Waals surface area contributed by atoms with Crippen molar-refractivity contribution in [3.05, 3.63) is 0 Å². The summed E-state index contributed by atoms with van der Waals surface area (Å²) in [6.45, 7) is 4.36. The number of carbonyl (C=O) groups is 1. The van der Waals surface area contributed by atoms with Gasteiger partial charge in [-0.1, -0.05) is 0 Å². The third-order valence-corrected chi connectivity index (χ3v) is 4.24. The Morgan fingerprint density at radius 1 is 1.44 bits per heavy atom. The zero-order valence-electron chi connectivity index (χ0n) is 9.82. The fraction of sp³-hybridized carbons (Fsp3) is 0.900. The molecule has 0 aromatic rings. The summed E-state index contributed by atoms with van der Waals surface area (Å²) in [7, 11) is -2.83. The Balaban J connectivity index is 2.15. The average molecular weight is 248 g/mol. The van der Waals surface area contributed by atoms with Crippen LogP contribution in [0.5, 0.6) is 0 Å². The minimum Gasteiger partial charge on any atom is -0.354 e. The van der Waals surface area contributed by atoms with Crippen molar-refractivity contribution in [2.24, 2.45) is 0 Å². The fourth-order valence-corrected chi connectivity index (χ4v) is 3.45. The minimum atomic E-state index is -2.83. The van der Waals surface area contributed by atoms with Gasteiger partial charge in [0.15, 0.2) is 9.84 Å². The highest BCUT2D eigenvalue weighted by atomic mass is 32.2. The Bertz CT molecular complexity index is 338. The summed E-state index contributed by atoms with van der Waals surface area (Å²) in [6.07, 6.45) is 1.06. The number of rotatable bonds is 5. The summed E-state index contributed by atoms with van der Waals surface area (Å²) in [6, 6.07) is 0.177. The van der Waals surface area contributed by atoms with Crippen molar-refractivity contribution in [2.45, 2.75) is 38.8 Å². The van der Waals surface area contributed by atoms with Gasteiger partial charge < -0.3 is 10.6 Å². The SMILES string of the molecule is CC(C)NC(=O)CCNC1CCS(=O)(=O)C1. The van der Waals surface area contributed by atoms with Gasteiger partial charge in [0.2, 0.25) is 5.91 Å². The van der Waals surface area contributed by atoms with E-state index in [0.29, 0.717) is 19.4 Å². The van der Waals surface area contributed by atoms with Crippen LogP contribution in [0.1, 0.15) is 26.7 Å². The predicted molar refractivity (Wildman–Crippen MR) is 63.0 cm³/mol. The minimum absolute atomic E-state index is 0.00311. The molecule has 2 N–H and O–H groups in total. The maximum atomic E-state index is 11.3. The molecule has 0 radical (unpaired) electrons. The molecule has 1 rings (SSSR count). The number of carbonyl (C=O) groups excluding carboxylic acids is 1. The van der Waals surface area contributed by atoms with Crippen LogP contribution in [0.2, 0.25) is 0 Å². The van der Waals surface area contributed by atoms with Gasteiger partial charge in [-0.25, -0.2) is 8.42 Å². The summed E-state index contributed by atoms with van der Waals surface area (Å²) in [5, 5.41) is 5.89. The summed E-state index contributed by atoms with van der Waals surface area (Å²) in [5.41, 5.74) is 0. The van der Waals surface area contributed by atoms with Gasteiger partial charge in [0, 0.05) is 25.0 Å². The molecule has 1 atom stereocenters. The van der Waals surface area contributed by atoms with Gasteiger partial charge in [-0.3, -0.25) is 4.79 Å². The second kappa shape index (κ2) is 5.63. The van der Waals surface area contributed by atoms with Gasteiger partial charge in [-0.2, -0.15) is 0 Å². The Hall–Kier alpha value is -0.620. The van der Waals surface area contributed by atoms with E-state index in [9.17, 15) is 13.2 Å². The van der Waals surface area contributed by atoms with E-state index in [0.717, 1.165) is 0 Å². The fourth-order valence-electron chi connectivity index (χ4n) is 1.74. The van der Waals surface area contributed by atoms with E-state index < -0.39 is 9.84 Å². The van der Waals surface area contributed by atoms with E-state index in [1.165, 1.54) is 0 Å². The van der Waals surface area contributed by atoms with Crippen LogP contribution in [0.15, 0.2) is 0 Å². The highest BCUT2D eigenvalue weighted by molar-refractivity contribution is 7.91. The molecule has 94 valence electrons. The molecule has 0 aromatic carbocycles. The van der Waals surface area contributed by atoms with Crippen molar-refractivity contribution in [3.8, 4) is 0 Å². The molecule has 0 aromatic heterocycles. The molecule has 0 bridgehead atoms. The molecule has 1 saturated heterocycles. The van der Waals surface area contributed by atoms with Crippen molar-refractivity contribution in [2.75, 3.05) is 18.1 Å². The molecular formula is C10H20N2O3S. The Morgan fingerprint density at radius 2 is 2.12 bits per heavy atom. The third kappa shape index (κ3) is 4.94. The Kier molecular flexibility index (Phi) is 4.73. The van der Waals surface area contributed by atoms with E-state index in [1.54, 1.807) is 0 Å². The van der Waals surface area contributed by atoms with Gasteiger partial charge >= 0.3 is 0 Å². The number of amides is 1. The number of nitrogens with one attached hydrogen (secondary N) is 2. The highest BCUT2D eigenvalue weighted by Crippen LogP contribution is 2.10. The molecule has 1 fully saturated rings. The molecule has 1 aliphatic heterocycles. The van der Waals surface area contributed by atoms with Crippen LogP contribution in [-0.2, 0) is 14.6 Å². The molecule has 1 aliphatic rings. The van der Waals surface area contributed by atoms with Crippen molar-refractivity contribution in [1.82, 2.24) is 10.6 Å². The van der Waals surface area contributed by atoms with Crippen LogP contribution in [-0.4, -0.2) is 44.5 Å². The van der Waals surface area contributed by atoms with Crippen LogP contribution in [0.25, 0.3) is 0 Å². The Morgan fingerprint density at radius 3 is 2.62 bits per heavy atom. The van der Waals surface area contributed by atoms with Gasteiger partial charge in [0.25, 0.3) is 0 Å². The normalized spacial score (nSPS) is 23.6. The molecule has 1 unspecified atom stereocenters. The van der Waals surface area contributed by atoms with Crippen molar-refractivity contribution in [1.29, 1.82) is 0 Å². The van der Waals surface area contributed by atoms with Gasteiger partial charge in [0.05, 0.1) is 11.5 Å². The van der Waals surface area contributed by atoms with Crippen LogP contribution < -0.4 is 10.6 Å². The smallest absolute Gasteiger partial charge is 0.221 e. The zero-order chi connectivity index (χ0) is 12.2. The monoisotopic (exact) mass is 248 g/mol. The largest absolute Gasteiger partial charge is 0.354 e. The van der Waals surface area contributed by atoms with E-state index >= 15 is 0 Å². The van der Waals surface area contributed by atoms with Crippen LogP contribution in [0.3, 0.4) is 0 Å². The summed E-state index contributed by atoms with van der Waals surface area (Å²) in [5.74, 6) is 0.477. The first-order valence-electron chi connectivity index (χ1n) is 5.62.